The summed E-state index contributed by atoms with van der Waals surface area (Å²) in [7, 11) is 0. The summed E-state index contributed by atoms with van der Waals surface area (Å²) in [6.45, 7) is 4.87. The minimum atomic E-state index is -1.84. The third kappa shape index (κ3) is 16.3. The Morgan fingerprint density at radius 1 is 0.896 bits per heavy atom. The molecule has 3 aromatic carbocycles. The van der Waals surface area contributed by atoms with Crippen LogP contribution in [0.15, 0.2) is 90.0 Å². The lowest BCUT2D eigenvalue weighted by Gasteiger charge is -2.52. The van der Waals surface area contributed by atoms with Crippen molar-refractivity contribution in [1.29, 1.82) is 0 Å². The van der Waals surface area contributed by atoms with Gasteiger partial charge in [-0.3, -0.25) is 9.59 Å². The first-order valence-electron chi connectivity index (χ1n) is 28.0. The molecule has 4 aliphatic heterocycles. The summed E-state index contributed by atoms with van der Waals surface area (Å²) in [6, 6.07) is 18.1. The Morgan fingerprint density at radius 3 is 2.35 bits per heavy atom. The highest BCUT2D eigenvalue weighted by Crippen LogP contribution is 2.46. The average Bonchev–Trinajstić information content (AvgIpc) is 3.59. The summed E-state index contributed by atoms with van der Waals surface area (Å²) in [4.78, 5) is 25.1. The van der Waals surface area contributed by atoms with Crippen molar-refractivity contribution in [1.82, 2.24) is 10.6 Å². The molecule has 6 bridgehead atoms. The van der Waals surface area contributed by atoms with E-state index >= 15 is 0 Å². The molecular formula is C62H86N2O13. The van der Waals surface area contributed by atoms with Crippen LogP contribution in [0.1, 0.15) is 150 Å². The normalized spacial score (nSPS) is 27.8. The number of aryl methyl sites for hydroxylation is 2. The van der Waals surface area contributed by atoms with Gasteiger partial charge in [0.05, 0.1) is 54.7 Å². The van der Waals surface area contributed by atoms with Gasteiger partial charge in [0.2, 0.25) is 0 Å². The summed E-state index contributed by atoms with van der Waals surface area (Å²) in [5, 5.41) is 133. The van der Waals surface area contributed by atoms with E-state index < -0.39 is 90.0 Å². The van der Waals surface area contributed by atoms with E-state index in [0.29, 0.717) is 71.9 Å². The second kappa shape index (κ2) is 28.8. The lowest BCUT2D eigenvalue weighted by atomic mass is 9.64. The molecule has 0 unspecified atom stereocenters. The van der Waals surface area contributed by atoms with Crippen LogP contribution in [0.3, 0.4) is 0 Å². The number of benzene rings is 3. The Labute approximate surface area is 454 Å². The van der Waals surface area contributed by atoms with Gasteiger partial charge in [-0.25, -0.2) is 0 Å². The fraction of sp³-hybridized carbons (Fsp3) is 0.581. The molecule has 13 N–H and O–H groups in total. The van der Waals surface area contributed by atoms with Crippen molar-refractivity contribution >= 4 is 11.9 Å². The third-order valence-corrected chi connectivity index (χ3v) is 16.9. The summed E-state index contributed by atoms with van der Waals surface area (Å²) in [5.41, 5.74) is 2.18. The van der Waals surface area contributed by atoms with Crippen molar-refractivity contribution in [3.05, 3.63) is 123 Å². The lowest BCUT2D eigenvalue weighted by molar-refractivity contribution is -0.140. The summed E-state index contributed by atoms with van der Waals surface area (Å²) in [6.07, 6.45) is 1.28. The monoisotopic (exact) mass is 1070 g/mol. The maximum absolute atomic E-state index is 14.1. The summed E-state index contributed by atoms with van der Waals surface area (Å²) in [5.74, 6) is 2.75. The van der Waals surface area contributed by atoms with Crippen LogP contribution in [0.4, 0.5) is 0 Å². The van der Waals surface area contributed by atoms with Gasteiger partial charge in [-0.1, -0.05) is 92.3 Å². The van der Waals surface area contributed by atoms with E-state index in [-0.39, 0.29) is 89.0 Å². The lowest BCUT2D eigenvalue weighted by Crippen LogP contribution is -2.67. The maximum Gasteiger partial charge on any atom is 0.303 e. The van der Waals surface area contributed by atoms with E-state index in [9.17, 15) is 65.8 Å². The number of allylic oxidation sites excluding steroid dienone is 2. The molecule has 77 heavy (non-hydrogen) atoms. The number of carboxylic acid groups (broad SMARTS) is 2. The molecule has 15 nitrogen and oxygen atoms in total. The molecule has 3 aromatic rings. The second-order valence-corrected chi connectivity index (χ2v) is 22.4. The number of hydrogen-bond acceptors (Lipinski definition) is 13. The molecule has 0 radical (unpaired) electrons. The van der Waals surface area contributed by atoms with Crippen LogP contribution in [-0.4, -0.2) is 141 Å². The van der Waals surface area contributed by atoms with E-state index in [0.717, 1.165) is 17.5 Å². The minimum Gasteiger partial charge on any atom is -0.508 e. The van der Waals surface area contributed by atoms with Gasteiger partial charge in [0.15, 0.2) is 0 Å². The first kappa shape index (κ1) is 61.3. The number of carboxylic acids is 2. The van der Waals surface area contributed by atoms with Gasteiger partial charge in [0.1, 0.15) is 5.75 Å². The molecule has 0 amide bonds. The van der Waals surface area contributed by atoms with Crippen molar-refractivity contribution in [2.45, 2.75) is 202 Å². The van der Waals surface area contributed by atoms with E-state index in [2.05, 4.69) is 22.5 Å². The molecule has 4 heterocycles. The predicted octanol–water partition coefficient (Wildman–Crippen LogP) is 5.76. The first-order chi connectivity index (χ1) is 36.8. The highest BCUT2D eigenvalue weighted by Gasteiger charge is 2.53. The Balaban J connectivity index is 1.74. The average molecular weight is 1070 g/mol. The predicted molar refractivity (Wildman–Crippen MR) is 295 cm³/mol. The fourth-order valence-corrected chi connectivity index (χ4v) is 12.5. The van der Waals surface area contributed by atoms with Crippen molar-refractivity contribution < 1.29 is 65.8 Å². The zero-order valence-electron chi connectivity index (χ0n) is 45.2. The fourth-order valence-electron chi connectivity index (χ4n) is 12.5. The van der Waals surface area contributed by atoms with E-state index in [1.54, 1.807) is 43.3 Å². The second-order valence-electron chi connectivity index (χ2n) is 22.4. The van der Waals surface area contributed by atoms with Gasteiger partial charge >= 0.3 is 11.9 Å². The maximum atomic E-state index is 14.1. The standard InChI is InChI=1S/C62H86N2O13/c1-4-5-14-54(69)55(70)28-22-43-19-18-42-11-7-6-10-41(42)12-8-31-62(61(3,77)52(13-9-32-65)44-20-24-47(67)25-21-44)37-40-16-17-46(45(33-40)23-30-58(73)74)34-57(72)49-26-15-39(2)63-60(51(49)36-59(75)76)56(71)29-27-53(64-62)50(43)35-48(68)38-66/h6-7,10-11,16-17,20-22,24-25,28,33,39,48-49,51-57,60,63-72,77H,4-5,9,13-15,18-19,23,26-27,29-32,34-38H2,1-3H3,(H,73,74)(H,75,76)/b28-22+,50-43+/t39-,48-,49-,51+,52+,53-,54-,55+,56+,57+,60+,61-,62-/m0/s1. The highest BCUT2D eigenvalue weighted by atomic mass is 16.4. The zero-order valence-corrected chi connectivity index (χ0v) is 45.2. The van der Waals surface area contributed by atoms with Crippen molar-refractivity contribution in [3.8, 4) is 17.6 Å². The molecule has 0 spiro atoms. The molecule has 4 aliphatic rings. The Morgan fingerprint density at radius 2 is 1.65 bits per heavy atom. The number of fused-ring (bicyclic) bond motifs is 6. The molecule has 13 atom stereocenters. The topological polar surface area (TPSA) is 281 Å². The number of rotatable bonds is 20. The Hall–Kier alpha value is -4.96. The van der Waals surface area contributed by atoms with Crippen LogP contribution in [0, 0.1) is 23.7 Å². The van der Waals surface area contributed by atoms with Crippen LogP contribution >= 0.6 is 0 Å². The third-order valence-electron chi connectivity index (χ3n) is 16.9. The van der Waals surface area contributed by atoms with E-state index in [1.165, 1.54) is 0 Å². The number of aliphatic carboxylic acids is 2. The first-order valence-corrected chi connectivity index (χ1v) is 28.0. The van der Waals surface area contributed by atoms with Crippen LogP contribution in [0.2, 0.25) is 0 Å². The smallest absolute Gasteiger partial charge is 0.303 e. The molecule has 0 aromatic heterocycles. The summed E-state index contributed by atoms with van der Waals surface area (Å²) < 4.78 is 0. The quantitative estimate of drug-likeness (QED) is 0.0600. The van der Waals surface area contributed by atoms with Gasteiger partial charge in [0.25, 0.3) is 0 Å². The number of nitrogens with one attached hydrogen (secondary N) is 2. The van der Waals surface area contributed by atoms with Gasteiger partial charge < -0.3 is 66.8 Å². The van der Waals surface area contributed by atoms with Crippen LogP contribution in [-0.2, 0) is 35.3 Å². The van der Waals surface area contributed by atoms with Gasteiger partial charge in [0, 0.05) is 49.1 Å². The van der Waals surface area contributed by atoms with Crippen LogP contribution in [0.25, 0.3) is 0 Å². The van der Waals surface area contributed by atoms with Crippen LogP contribution in [0.5, 0.6) is 5.75 Å². The number of carbonyl (C=O) groups is 2. The van der Waals surface area contributed by atoms with Crippen molar-refractivity contribution in [2.75, 3.05) is 13.2 Å². The molecule has 1 saturated heterocycles. The molecule has 1 fully saturated rings. The number of hydrogen-bond donors (Lipinski definition) is 13. The highest BCUT2D eigenvalue weighted by molar-refractivity contribution is 5.67. The zero-order chi connectivity index (χ0) is 55.9. The van der Waals surface area contributed by atoms with Gasteiger partial charge in [-0.2, -0.15) is 0 Å². The Kier molecular flexibility index (Phi) is 22.9. The summed E-state index contributed by atoms with van der Waals surface area (Å²) >= 11 is 0. The van der Waals surface area contributed by atoms with Crippen molar-refractivity contribution in [3.63, 3.8) is 0 Å². The van der Waals surface area contributed by atoms with Gasteiger partial charge in [-0.15, -0.1) is 0 Å². The van der Waals surface area contributed by atoms with Crippen molar-refractivity contribution in [2.24, 2.45) is 11.8 Å². The Bertz CT molecular complexity index is 2520. The number of phenols is 1. The molecule has 422 valence electrons. The van der Waals surface area contributed by atoms with E-state index in [1.807, 2.05) is 56.3 Å². The number of phenolic OH excluding ortho intramolecular Hbond substituents is 1. The number of aromatic hydroxyl groups is 1. The molecule has 0 saturated carbocycles. The van der Waals surface area contributed by atoms with Crippen LogP contribution < -0.4 is 10.6 Å². The minimum absolute atomic E-state index is 0.0128. The number of unbranched alkanes of at least 4 members (excludes halogenated alkanes) is 1. The molecule has 7 rings (SSSR count). The van der Waals surface area contributed by atoms with E-state index in [4.69, 9.17) is 0 Å². The molecule has 15 heteroatoms. The largest absolute Gasteiger partial charge is 0.508 e. The SMILES string of the molecule is CCCC[C@H](O)[C@H](O)/C=C/C1=C(\C[C@H](O)CO)[C@@H]2CC[C@@H](O)[C@@H]3N[C@@H](C)CC[C@@H]([C@H]3CC(=O)O)[C@H](O)Cc3ccc(cc3CCC(=O)O)C[C@]([C@@](C)(O)[C@H](CCCO)c3ccc(O)cc3)(CC#Cc3ccccc3CC1)N2. The number of aliphatic hydroxyl groups is 8. The van der Waals surface area contributed by atoms with Gasteiger partial charge in [-0.05, 0) is 166 Å². The molecule has 0 aliphatic carbocycles. The molecular weight excluding hydrogens is 981 g/mol. The number of aliphatic hydroxyl groups excluding tert-OH is 7.